The van der Waals surface area contributed by atoms with Crippen molar-refractivity contribution < 1.29 is 9.15 Å². The van der Waals surface area contributed by atoms with E-state index < -0.39 is 0 Å². The van der Waals surface area contributed by atoms with Crippen LogP contribution in [0.25, 0.3) is 0 Å². The highest BCUT2D eigenvalue weighted by Crippen LogP contribution is 2.28. The first-order chi connectivity index (χ1) is 8.19. The summed E-state index contributed by atoms with van der Waals surface area (Å²) in [5.41, 5.74) is 6.43. The van der Waals surface area contributed by atoms with E-state index in [0.29, 0.717) is 23.9 Å². The molecule has 17 heavy (non-hydrogen) atoms. The molecule has 0 unspecified atom stereocenters. The maximum absolute atomic E-state index is 6.02. The van der Waals surface area contributed by atoms with Gasteiger partial charge in [0.1, 0.15) is 18.1 Å². The average molecular weight is 317 g/mol. The number of nitrogens with two attached hydrogens (primary N) is 1. The fourth-order valence-electron chi connectivity index (χ4n) is 1.35. The summed E-state index contributed by atoms with van der Waals surface area (Å²) in [6.45, 7) is 0.796. The minimum Gasteiger partial charge on any atom is -0.484 e. The summed E-state index contributed by atoms with van der Waals surface area (Å²) in [5.74, 6) is 1.35. The Hall–Kier alpha value is -0.970. The third-order valence-electron chi connectivity index (χ3n) is 2.21. The Morgan fingerprint density at radius 2 is 2.18 bits per heavy atom. The number of furan rings is 1. The van der Waals surface area contributed by atoms with E-state index in [0.717, 1.165) is 15.8 Å². The molecule has 3 nitrogen and oxygen atoms in total. The van der Waals surface area contributed by atoms with E-state index in [1.807, 2.05) is 12.1 Å². The molecule has 1 heterocycles. The maximum Gasteiger partial charge on any atom is 0.146 e. The molecule has 0 spiro atoms. The van der Waals surface area contributed by atoms with Gasteiger partial charge in [0.2, 0.25) is 0 Å². The van der Waals surface area contributed by atoms with Crippen LogP contribution >= 0.6 is 27.5 Å². The number of hydrogen-bond acceptors (Lipinski definition) is 3. The molecule has 0 saturated heterocycles. The van der Waals surface area contributed by atoms with Crippen molar-refractivity contribution in [1.29, 1.82) is 0 Å². The van der Waals surface area contributed by atoms with E-state index in [4.69, 9.17) is 26.5 Å². The van der Waals surface area contributed by atoms with Crippen LogP contribution in [-0.4, -0.2) is 0 Å². The van der Waals surface area contributed by atoms with Crippen LogP contribution in [0.4, 0.5) is 0 Å². The molecule has 90 valence electrons. The fraction of sp³-hybridized carbons (Fsp3) is 0.167. The van der Waals surface area contributed by atoms with Crippen molar-refractivity contribution in [2.24, 2.45) is 5.73 Å². The number of hydrogen-bond donors (Lipinski definition) is 1. The van der Waals surface area contributed by atoms with Gasteiger partial charge in [-0.15, -0.1) is 0 Å². The zero-order valence-corrected chi connectivity index (χ0v) is 11.3. The Bertz CT molecular complexity index is 513. The van der Waals surface area contributed by atoms with Gasteiger partial charge in [-0.25, -0.2) is 0 Å². The molecule has 0 aliphatic carbocycles. The first-order valence-electron chi connectivity index (χ1n) is 5.03. The molecule has 0 bridgehead atoms. The van der Waals surface area contributed by atoms with Crippen LogP contribution in [0.5, 0.6) is 5.75 Å². The van der Waals surface area contributed by atoms with Gasteiger partial charge in [0.25, 0.3) is 0 Å². The van der Waals surface area contributed by atoms with Crippen LogP contribution in [0.1, 0.15) is 11.3 Å². The average Bonchev–Trinajstić information content (AvgIpc) is 2.76. The lowest BCUT2D eigenvalue weighted by molar-refractivity contribution is 0.270. The summed E-state index contributed by atoms with van der Waals surface area (Å²) in [5, 5.41) is 0.560. The van der Waals surface area contributed by atoms with Crippen molar-refractivity contribution in [1.82, 2.24) is 0 Å². The largest absolute Gasteiger partial charge is 0.484 e. The van der Waals surface area contributed by atoms with Crippen molar-refractivity contribution >= 4 is 27.5 Å². The summed E-state index contributed by atoms with van der Waals surface area (Å²) in [4.78, 5) is 0. The zero-order chi connectivity index (χ0) is 12.3. The predicted octanol–water partition coefficient (Wildman–Crippen LogP) is 3.73. The van der Waals surface area contributed by atoms with Crippen LogP contribution in [0.3, 0.4) is 0 Å². The van der Waals surface area contributed by atoms with Crippen molar-refractivity contribution in [2.45, 2.75) is 13.2 Å². The van der Waals surface area contributed by atoms with Crippen molar-refractivity contribution in [3.63, 3.8) is 0 Å². The molecule has 0 aliphatic rings. The van der Waals surface area contributed by atoms with E-state index in [-0.39, 0.29) is 0 Å². The predicted molar refractivity (Wildman–Crippen MR) is 70.1 cm³/mol. The molecule has 0 aliphatic heterocycles. The van der Waals surface area contributed by atoms with Gasteiger partial charge in [-0.3, -0.25) is 0 Å². The Balaban J connectivity index is 2.02. The molecule has 5 heteroatoms. The second kappa shape index (κ2) is 5.58. The summed E-state index contributed by atoms with van der Waals surface area (Å²) in [6.07, 6.45) is 1.63. The number of benzene rings is 1. The molecule has 2 aromatic rings. The Morgan fingerprint density at radius 3 is 2.82 bits per heavy atom. The molecular weight excluding hydrogens is 305 g/mol. The van der Waals surface area contributed by atoms with Gasteiger partial charge >= 0.3 is 0 Å². The first-order valence-corrected chi connectivity index (χ1v) is 6.20. The van der Waals surface area contributed by atoms with Gasteiger partial charge in [0, 0.05) is 16.6 Å². The van der Waals surface area contributed by atoms with E-state index in [1.54, 1.807) is 18.4 Å². The van der Waals surface area contributed by atoms with Crippen molar-refractivity contribution in [3.8, 4) is 5.75 Å². The van der Waals surface area contributed by atoms with Crippen LogP contribution in [0, 0.1) is 0 Å². The molecule has 2 rings (SSSR count). The van der Waals surface area contributed by atoms with E-state index in [9.17, 15) is 0 Å². The maximum atomic E-state index is 6.02. The second-order valence-corrected chi connectivity index (χ2v) is 4.81. The van der Waals surface area contributed by atoms with E-state index in [2.05, 4.69) is 15.9 Å². The summed E-state index contributed by atoms with van der Waals surface area (Å²) in [6, 6.07) is 7.32. The van der Waals surface area contributed by atoms with Crippen LogP contribution in [-0.2, 0) is 13.2 Å². The summed E-state index contributed by atoms with van der Waals surface area (Å²) in [7, 11) is 0. The molecule has 0 fully saturated rings. The van der Waals surface area contributed by atoms with Crippen LogP contribution in [0.15, 0.2) is 39.4 Å². The summed E-state index contributed by atoms with van der Waals surface area (Å²) < 4.78 is 11.7. The minimum absolute atomic E-state index is 0.335. The highest BCUT2D eigenvalue weighted by atomic mass is 79.9. The zero-order valence-electron chi connectivity index (χ0n) is 8.95. The van der Waals surface area contributed by atoms with Crippen molar-refractivity contribution in [3.05, 3.63) is 51.3 Å². The lowest BCUT2D eigenvalue weighted by Crippen LogP contribution is -1.95. The lowest BCUT2D eigenvalue weighted by Gasteiger charge is -2.06. The van der Waals surface area contributed by atoms with Gasteiger partial charge in [-0.1, -0.05) is 27.5 Å². The Kier molecular flexibility index (Phi) is 4.10. The Morgan fingerprint density at radius 1 is 1.35 bits per heavy atom. The molecular formula is C12H11BrClNO2. The number of halogens is 2. The first kappa shape index (κ1) is 12.5. The van der Waals surface area contributed by atoms with Gasteiger partial charge in [0.15, 0.2) is 0 Å². The molecule has 0 atom stereocenters. The molecule has 2 N–H and O–H groups in total. The highest BCUT2D eigenvalue weighted by Gasteiger charge is 2.05. The number of rotatable bonds is 4. The smallest absolute Gasteiger partial charge is 0.146 e. The van der Waals surface area contributed by atoms with Crippen LogP contribution < -0.4 is 10.5 Å². The lowest BCUT2D eigenvalue weighted by atomic mass is 10.3. The summed E-state index contributed by atoms with van der Waals surface area (Å²) >= 11 is 9.36. The van der Waals surface area contributed by atoms with Gasteiger partial charge in [0.05, 0.1) is 11.3 Å². The third-order valence-corrected chi connectivity index (χ3v) is 3.00. The third kappa shape index (κ3) is 3.25. The van der Waals surface area contributed by atoms with Crippen molar-refractivity contribution in [2.75, 3.05) is 0 Å². The topological polar surface area (TPSA) is 48.4 Å². The second-order valence-electron chi connectivity index (χ2n) is 3.49. The molecule has 0 saturated carbocycles. The van der Waals surface area contributed by atoms with E-state index >= 15 is 0 Å². The van der Waals surface area contributed by atoms with Gasteiger partial charge in [-0.2, -0.15) is 0 Å². The quantitative estimate of drug-likeness (QED) is 0.935. The molecule has 0 radical (unpaired) electrons. The molecule has 1 aromatic heterocycles. The van der Waals surface area contributed by atoms with Crippen LogP contribution in [0.2, 0.25) is 5.02 Å². The van der Waals surface area contributed by atoms with Gasteiger partial charge < -0.3 is 14.9 Å². The SMILES string of the molecule is NCc1coc(COc2ccc(Br)cc2Cl)c1. The molecule has 0 amide bonds. The van der Waals surface area contributed by atoms with E-state index in [1.165, 1.54) is 0 Å². The standard InChI is InChI=1S/C12H11BrClNO2/c13-9-1-2-12(11(14)4-9)17-7-10-3-8(5-15)6-16-10/h1-4,6H,5,7,15H2. The Labute approximate surface area is 113 Å². The fourth-order valence-corrected chi connectivity index (χ4v) is 2.08. The minimum atomic E-state index is 0.335. The molecule has 1 aromatic carbocycles. The monoisotopic (exact) mass is 315 g/mol. The normalized spacial score (nSPS) is 10.5. The number of ether oxygens (including phenoxy) is 1. The highest BCUT2D eigenvalue weighted by molar-refractivity contribution is 9.10. The van der Waals surface area contributed by atoms with Gasteiger partial charge in [-0.05, 0) is 24.3 Å².